The van der Waals surface area contributed by atoms with Crippen molar-refractivity contribution in [3.05, 3.63) is 70.7 Å². The third-order valence-corrected chi connectivity index (χ3v) is 4.79. The molecule has 1 heterocycles. The predicted octanol–water partition coefficient (Wildman–Crippen LogP) is 2.41. The topological polar surface area (TPSA) is 52.7 Å². The van der Waals surface area contributed by atoms with Gasteiger partial charge < -0.3 is 10.2 Å². The molecule has 0 unspecified atom stereocenters. The van der Waals surface area contributed by atoms with Gasteiger partial charge in [-0.15, -0.1) is 0 Å². The Hall–Kier alpha value is -2.37. The fourth-order valence-electron chi connectivity index (χ4n) is 2.97. The number of rotatable bonds is 5. The van der Waals surface area contributed by atoms with E-state index in [2.05, 4.69) is 10.2 Å². The van der Waals surface area contributed by atoms with Crippen LogP contribution in [0.1, 0.15) is 15.9 Å². The van der Waals surface area contributed by atoms with Gasteiger partial charge in [-0.2, -0.15) is 0 Å². The summed E-state index contributed by atoms with van der Waals surface area (Å²) < 4.78 is 0. The van der Waals surface area contributed by atoms with Crippen LogP contribution in [0.4, 0.5) is 0 Å². The molecule has 3 rings (SSSR count). The molecule has 1 aliphatic rings. The molecule has 6 heteroatoms. The standard InChI is InChI=1S/C20H22ClN3O2/c21-18-9-5-4-8-17(18)20(26)24-12-10-23(11-13-24)15-19(25)22-14-16-6-2-1-3-7-16/h1-9H,10-15H2,(H,22,25). The molecule has 1 N–H and O–H groups in total. The third-order valence-electron chi connectivity index (χ3n) is 4.46. The van der Waals surface area contributed by atoms with Gasteiger partial charge in [0.15, 0.2) is 0 Å². The second-order valence-corrected chi connectivity index (χ2v) is 6.72. The Bertz CT molecular complexity index is 759. The number of piperazine rings is 1. The first-order valence-corrected chi connectivity index (χ1v) is 9.08. The fraction of sp³-hybridized carbons (Fsp3) is 0.300. The van der Waals surface area contributed by atoms with Crippen LogP contribution in [0.5, 0.6) is 0 Å². The molecule has 1 aliphatic heterocycles. The lowest BCUT2D eigenvalue weighted by molar-refractivity contribution is -0.122. The number of nitrogens with zero attached hydrogens (tertiary/aromatic N) is 2. The van der Waals surface area contributed by atoms with Crippen LogP contribution < -0.4 is 5.32 Å². The summed E-state index contributed by atoms with van der Waals surface area (Å²) in [7, 11) is 0. The second kappa shape index (κ2) is 8.83. The molecule has 0 saturated carbocycles. The summed E-state index contributed by atoms with van der Waals surface area (Å²) in [6.07, 6.45) is 0. The number of amides is 2. The first-order chi connectivity index (χ1) is 12.6. The second-order valence-electron chi connectivity index (χ2n) is 6.31. The van der Waals surface area contributed by atoms with Crippen molar-refractivity contribution in [3.63, 3.8) is 0 Å². The summed E-state index contributed by atoms with van der Waals surface area (Å²) >= 11 is 6.11. The maximum absolute atomic E-state index is 12.6. The summed E-state index contributed by atoms with van der Waals surface area (Å²) in [4.78, 5) is 28.5. The van der Waals surface area contributed by atoms with Gasteiger partial charge in [0.05, 0.1) is 17.1 Å². The van der Waals surface area contributed by atoms with Crippen molar-refractivity contribution in [2.24, 2.45) is 0 Å². The lowest BCUT2D eigenvalue weighted by atomic mass is 10.2. The molecule has 0 spiro atoms. The normalized spacial score (nSPS) is 14.9. The summed E-state index contributed by atoms with van der Waals surface area (Å²) in [5.74, 6) is -0.0523. The minimum absolute atomic E-state index is 0.000247. The van der Waals surface area contributed by atoms with Crippen molar-refractivity contribution in [2.75, 3.05) is 32.7 Å². The molecule has 2 aromatic rings. The maximum atomic E-state index is 12.6. The summed E-state index contributed by atoms with van der Waals surface area (Å²) in [6.45, 7) is 3.42. The SMILES string of the molecule is O=C(CN1CCN(C(=O)c2ccccc2Cl)CC1)NCc1ccccc1. The van der Waals surface area contributed by atoms with E-state index < -0.39 is 0 Å². The molecular weight excluding hydrogens is 350 g/mol. The molecule has 0 aromatic heterocycles. The van der Waals surface area contributed by atoms with Gasteiger partial charge in [-0.1, -0.05) is 54.1 Å². The van der Waals surface area contributed by atoms with Gasteiger partial charge in [0, 0.05) is 32.7 Å². The zero-order valence-corrected chi connectivity index (χ0v) is 15.3. The maximum Gasteiger partial charge on any atom is 0.255 e. The van der Waals surface area contributed by atoms with Crippen molar-refractivity contribution < 1.29 is 9.59 Å². The quantitative estimate of drug-likeness (QED) is 0.878. The van der Waals surface area contributed by atoms with E-state index in [1.165, 1.54) is 0 Å². The van der Waals surface area contributed by atoms with Crippen LogP contribution in [-0.4, -0.2) is 54.3 Å². The number of carbonyl (C=O) groups is 2. The molecule has 0 bridgehead atoms. The Morgan fingerprint density at radius 3 is 2.27 bits per heavy atom. The summed E-state index contributed by atoms with van der Waals surface area (Å²) in [6, 6.07) is 16.9. The van der Waals surface area contributed by atoms with Crippen molar-refractivity contribution in [3.8, 4) is 0 Å². The molecule has 1 saturated heterocycles. The monoisotopic (exact) mass is 371 g/mol. The molecular formula is C20H22ClN3O2. The van der Waals surface area contributed by atoms with Crippen molar-refractivity contribution in [2.45, 2.75) is 6.54 Å². The molecule has 26 heavy (non-hydrogen) atoms. The number of benzene rings is 2. The van der Waals surface area contributed by atoms with E-state index >= 15 is 0 Å². The van der Waals surface area contributed by atoms with Crippen LogP contribution >= 0.6 is 11.6 Å². The average molecular weight is 372 g/mol. The molecule has 1 fully saturated rings. The van der Waals surface area contributed by atoms with E-state index in [0.29, 0.717) is 49.9 Å². The van der Waals surface area contributed by atoms with E-state index in [9.17, 15) is 9.59 Å². The van der Waals surface area contributed by atoms with Crippen molar-refractivity contribution in [1.82, 2.24) is 15.1 Å². The van der Waals surface area contributed by atoms with Crippen LogP contribution in [0, 0.1) is 0 Å². The van der Waals surface area contributed by atoms with Gasteiger partial charge in [0.1, 0.15) is 0 Å². The Balaban J connectivity index is 1.44. The van der Waals surface area contributed by atoms with E-state index in [1.807, 2.05) is 42.5 Å². The fourth-order valence-corrected chi connectivity index (χ4v) is 3.19. The highest BCUT2D eigenvalue weighted by Crippen LogP contribution is 2.18. The van der Waals surface area contributed by atoms with Gasteiger partial charge in [0.2, 0.25) is 5.91 Å². The largest absolute Gasteiger partial charge is 0.351 e. The molecule has 0 radical (unpaired) electrons. The average Bonchev–Trinajstić information content (AvgIpc) is 2.68. The van der Waals surface area contributed by atoms with E-state index in [1.54, 1.807) is 17.0 Å². The molecule has 5 nitrogen and oxygen atoms in total. The lowest BCUT2D eigenvalue weighted by Crippen LogP contribution is -2.51. The van der Waals surface area contributed by atoms with Gasteiger partial charge in [-0.05, 0) is 17.7 Å². The first-order valence-electron chi connectivity index (χ1n) is 8.70. The van der Waals surface area contributed by atoms with Crippen LogP contribution in [0.2, 0.25) is 5.02 Å². The van der Waals surface area contributed by atoms with E-state index in [-0.39, 0.29) is 11.8 Å². The highest BCUT2D eigenvalue weighted by atomic mass is 35.5. The zero-order valence-electron chi connectivity index (χ0n) is 14.5. The van der Waals surface area contributed by atoms with Crippen LogP contribution in [0.25, 0.3) is 0 Å². The van der Waals surface area contributed by atoms with Crippen LogP contribution in [0.15, 0.2) is 54.6 Å². The third kappa shape index (κ3) is 4.84. The van der Waals surface area contributed by atoms with Gasteiger partial charge in [-0.3, -0.25) is 14.5 Å². The number of carbonyl (C=O) groups excluding carboxylic acids is 2. The van der Waals surface area contributed by atoms with Gasteiger partial charge in [-0.25, -0.2) is 0 Å². The summed E-state index contributed by atoms with van der Waals surface area (Å²) in [5.41, 5.74) is 1.61. The lowest BCUT2D eigenvalue weighted by Gasteiger charge is -2.34. The Morgan fingerprint density at radius 1 is 0.923 bits per heavy atom. The number of halogens is 1. The molecule has 0 aliphatic carbocycles. The summed E-state index contributed by atoms with van der Waals surface area (Å²) in [5, 5.41) is 3.41. The molecule has 136 valence electrons. The smallest absolute Gasteiger partial charge is 0.255 e. The minimum Gasteiger partial charge on any atom is -0.351 e. The number of hydrogen-bond acceptors (Lipinski definition) is 3. The predicted molar refractivity (Wildman–Crippen MR) is 102 cm³/mol. The van der Waals surface area contributed by atoms with E-state index in [4.69, 9.17) is 11.6 Å². The molecule has 2 aromatic carbocycles. The first kappa shape index (κ1) is 18.4. The highest BCUT2D eigenvalue weighted by Gasteiger charge is 2.24. The number of nitrogens with one attached hydrogen (secondary N) is 1. The van der Waals surface area contributed by atoms with Crippen molar-refractivity contribution >= 4 is 23.4 Å². The van der Waals surface area contributed by atoms with Gasteiger partial charge >= 0.3 is 0 Å². The van der Waals surface area contributed by atoms with Gasteiger partial charge in [0.25, 0.3) is 5.91 Å². The van der Waals surface area contributed by atoms with Crippen LogP contribution in [-0.2, 0) is 11.3 Å². The molecule has 2 amide bonds. The Kier molecular flexibility index (Phi) is 6.26. The van der Waals surface area contributed by atoms with Crippen LogP contribution in [0.3, 0.4) is 0 Å². The zero-order chi connectivity index (χ0) is 18.4. The van der Waals surface area contributed by atoms with E-state index in [0.717, 1.165) is 5.56 Å². The number of hydrogen-bond donors (Lipinski definition) is 1. The van der Waals surface area contributed by atoms with Crippen molar-refractivity contribution in [1.29, 1.82) is 0 Å². The highest BCUT2D eigenvalue weighted by molar-refractivity contribution is 6.33. The minimum atomic E-state index is -0.0521. The molecule has 0 atom stereocenters. The Labute approximate surface area is 158 Å². The Morgan fingerprint density at radius 2 is 1.58 bits per heavy atom.